The van der Waals surface area contributed by atoms with Crippen LogP contribution in [0.4, 0.5) is 5.69 Å². The maximum Gasteiger partial charge on any atom is 0.356 e. The number of hydrogen-bond donors (Lipinski definition) is 0. The molecule has 6 nitrogen and oxygen atoms in total. The van der Waals surface area contributed by atoms with E-state index in [-0.39, 0.29) is 23.0 Å². The molecule has 1 rings (SSSR count). The molecule has 0 fully saturated rings. The Hall–Kier alpha value is -1.69. The van der Waals surface area contributed by atoms with Gasteiger partial charge >= 0.3 is 5.97 Å². The summed E-state index contributed by atoms with van der Waals surface area (Å²) in [5.41, 5.74) is -0.102. The minimum Gasteiger partial charge on any atom is -0.464 e. The van der Waals surface area contributed by atoms with Crippen molar-refractivity contribution in [1.82, 2.24) is 4.98 Å². The first-order valence-corrected chi connectivity index (χ1v) is 4.41. The molecule has 1 aromatic rings. The number of nitrogens with zero attached hydrogens (tertiary/aromatic N) is 2. The Bertz CT molecular complexity index is 408. The van der Waals surface area contributed by atoms with Crippen LogP contribution in [0.15, 0.2) is 12.1 Å². The van der Waals surface area contributed by atoms with E-state index >= 15 is 0 Å². The van der Waals surface area contributed by atoms with E-state index in [1.54, 1.807) is 0 Å². The maximum absolute atomic E-state index is 11.1. The molecule has 0 bridgehead atoms. The fourth-order valence-electron chi connectivity index (χ4n) is 0.955. The average Bonchev–Trinajstić information content (AvgIpc) is 2.27. The summed E-state index contributed by atoms with van der Waals surface area (Å²) >= 11 is 5.49. The van der Waals surface area contributed by atoms with Gasteiger partial charge in [-0.25, -0.2) is 9.78 Å². The Morgan fingerprint density at radius 3 is 2.80 bits per heavy atom. The molecular weight excluding hydrogens is 224 g/mol. The number of aromatic nitrogens is 1. The predicted octanol–water partition coefficient (Wildman–Crippen LogP) is 1.52. The normalized spacial score (nSPS) is 9.73. The Morgan fingerprint density at radius 2 is 2.33 bits per heavy atom. The van der Waals surface area contributed by atoms with E-state index in [9.17, 15) is 14.9 Å². The highest BCUT2D eigenvalue weighted by atomic mass is 35.5. The third-order valence-electron chi connectivity index (χ3n) is 1.61. The van der Waals surface area contributed by atoms with Crippen LogP contribution in [-0.2, 0) is 10.6 Å². The van der Waals surface area contributed by atoms with Crippen LogP contribution in [0.2, 0.25) is 0 Å². The van der Waals surface area contributed by atoms with Crippen molar-refractivity contribution >= 4 is 23.3 Å². The van der Waals surface area contributed by atoms with Crippen LogP contribution in [0, 0.1) is 10.1 Å². The van der Waals surface area contributed by atoms with E-state index in [1.165, 1.54) is 13.2 Å². The van der Waals surface area contributed by atoms with Crippen LogP contribution in [0.5, 0.6) is 0 Å². The van der Waals surface area contributed by atoms with E-state index in [2.05, 4.69) is 9.72 Å². The van der Waals surface area contributed by atoms with Gasteiger partial charge in [-0.3, -0.25) is 10.1 Å². The van der Waals surface area contributed by atoms with Crippen LogP contribution in [0.1, 0.15) is 16.2 Å². The molecule has 15 heavy (non-hydrogen) atoms. The molecule has 7 heteroatoms. The van der Waals surface area contributed by atoms with Crippen molar-refractivity contribution in [1.29, 1.82) is 0 Å². The van der Waals surface area contributed by atoms with Gasteiger partial charge in [-0.2, -0.15) is 0 Å². The maximum atomic E-state index is 11.1. The summed E-state index contributed by atoms with van der Waals surface area (Å²) < 4.78 is 4.40. The van der Waals surface area contributed by atoms with Crippen LogP contribution in [0.3, 0.4) is 0 Å². The van der Waals surface area contributed by atoms with Crippen molar-refractivity contribution in [2.24, 2.45) is 0 Å². The molecule has 1 aromatic heterocycles. The Labute approximate surface area is 90.0 Å². The predicted molar refractivity (Wildman–Crippen MR) is 51.8 cm³/mol. The van der Waals surface area contributed by atoms with Crippen molar-refractivity contribution in [2.75, 3.05) is 7.11 Å². The second-order valence-corrected chi connectivity index (χ2v) is 2.85. The van der Waals surface area contributed by atoms with Crippen LogP contribution in [-0.4, -0.2) is 23.0 Å². The summed E-state index contributed by atoms with van der Waals surface area (Å²) in [6, 6.07) is 2.25. The van der Waals surface area contributed by atoms with Crippen LogP contribution >= 0.6 is 11.6 Å². The number of methoxy groups -OCH3 is 1. The third kappa shape index (κ3) is 2.63. The smallest absolute Gasteiger partial charge is 0.356 e. The second kappa shape index (κ2) is 4.70. The van der Waals surface area contributed by atoms with E-state index in [0.29, 0.717) is 0 Å². The lowest BCUT2D eigenvalue weighted by Gasteiger charge is -2.00. The van der Waals surface area contributed by atoms with Crippen molar-refractivity contribution in [2.45, 2.75) is 5.88 Å². The molecule has 0 aliphatic rings. The molecule has 0 amide bonds. The minimum atomic E-state index is -0.731. The van der Waals surface area contributed by atoms with Gasteiger partial charge < -0.3 is 4.74 Å². The highest BCUT2D eigenvalue weighted by Gasteiger charge is 2.15. The van der Waals surface area contributed by atoms with Crippen LogP contribution < -0.4 is 0 Å². The quantitative estimate of drug-likeness (QED) is 0.340. The molecule has 1 heterocycles. The molecule has 0 saturated heterocycles. The molecule has 0 N–H and O–H groups in total. The largest absolute Gasteiger partial charge is 0.464 e. The third-order valence-corrected chi connectivity index (χ3v) is 1.88. The van der Waals surface area contributed by atoms with Gasteiger partial charge in [-0.1, -0.05) is 0 Å². The van der Waals surface area contributed by atoms with Crippen LogP contribution in [0.25, 0.3) is 0 Å². The van der Waals surface area contributed by atoms with Gasteiger partial charge in [0, 0.05) is 12.1 Å². The van der Waals surface area contributed by atoms with Gasteiger partial charge in [0.15, 0.2) is 5.69 Å². The van der Waals surface area contributed by atoms with E-state index in [1.807, 2.05) is 0 Å². The van der Waals surface area contributed by atoms with Gasteiger partial charge in [-0.15, -0.1) is 11.6 Å². The zero-order chi connectivity index (χ0) is 11.4. The number of carbonyl (C=O) groups excluding carboxylic acids is 1. The van der Waals surface area contributed by atoms with E-state index < -0.39 is 10.9 Å². The lowest BCUT2D eigenvalue weighted by atomic mass is 10.3. The summed E-state index contributed by atoms with van der Waals surface area (Å²) in [4.78, 5) is 24.8. The number of pyridine rings is 1. The molecule has 0 atom stereocenters. The first kappa shape index (κ1) is 11.4. The molecule has 0 saturated carbocycles. The zero-order valence-electron chi connectivity index (χ0n) is 7.77. The number of ether oxygens (including phenoxy) is 1. The summed E-state index contributed by atoms with van der Waals surface area (Å²) in [7, 11) is 1.17. The first-order chi connectivity index (χ1) is 7.08. The van der Waals surface area contributed by atoms with Gasteiger partial charge in [-0.05, 0) is 0 Å². The second-order valence-electron chi connectivity index (χ2n) is 2.58. The monoisotopic (exact) mass is 230 g/mol. The molecule has 80 valence electrons. The summed E-state index contributed by atoms with van der Waals surface area (Å²) in [5, 5.41) is 10.5. The molecule has 0 unspecified atom stereocenters. The molecule has 0 aromatic carbocycles. The fraction of sp³-hybridized carbons (Fsp3) is 0.250. The fourth-order valence-corrected chi connectivity index (χ4v) is 1.09. The number of carbonyl (C=O) groups is 1. The number of nitro groups is 1. The Kier molecular flexibility index (Phi) is 3.56. The lowest BCUT2D eigenvalue weighted by molar-refractivity contribution is -0.385. The van der Waals surface area contributed by atoms with Crippen molar-refractivity contribution in [3.05, 3.63) is 33.6 Å². The molecule has 0 aliphatic heterocycles. The molecule has 0 spiro atoms. The first-order valence-electron chi connectivity index (χ1n) is 3.88. The summed E-state index contributed by atoms with van der Waals surface area (Å²) in [6.45, 7) is 0. The number of alkyl halides is 1. The summed E-state index contributed by atoms with van der Waals surface area (Å²) in [6.07, 6.45) is 0. The average molecular weight is 231 g/mol. The number of hydrogen-bond acceptors (Lipinski definition) is 5. The van der Waals surface area contributed by atoms with Gasteiger partial charge in [0.1, 0.15) is 0 Å². The minimum absolute atomic E-state index is 0.00826. The van der Waals surface area contributed by atoms with Crippen molar-refractivity contribution in [3.8, 4) is 0 Å². The molecule has 0 radical (unpaired) electrons. The van der Waals surface area contributed by atoms with E-state index in [0.717, 1.165) is 6.07 Å². The Morgan fingerprint density at radius 1 is 1.67 bits per heavy atom. The van der Waals surface area contributed by atoms with Gasteiger partial charge in [0.2, 0.25) is 0 Å². The lowest BCUT2D eigenvalue weighted by Crippen LogP contribution is -2.06. The molecule has 0 aliphatic carbocycles. The zero-order valence-corrected chi connectivity index (χ0v) is 8.52. The number of esters is 1. The van der Waals surface area contributed by atoms with Crippen molar-refractivity contribution in [3.63, 3.8) is 0 Å². The standard InChI is InChI=1S/C8H7ClN2O4/c1-15-8(12)7-3-6(11(13)14)2-5(4-9)10-7/h2-3H,4H2,1H3. The Balaban J connectivity index is 3.23. The van der Waals surface area contributed by atoms with E-state index in [4.69, 9.17) is 11.6 Å². The highest BCUT2D eigenvalue weighted by molar-refractivity contribution is 6.16. The SMILES string of the molecule is COC(=O)c1cc([N+](=O)[O-])cc(CCl)n1. The highest BCUT2D eigenvalue weighted by Crippen LogP contribution is 2.16. The topological polar surface area (TPSA) is 82.3 Å². The van der Waals surface area contributed by atoms with Crippen molar-refractivity contribution < 1.29 is 14.5 Å². The van der Waals surface area contributed by atoms with Gasteiger partial charge in [0.25, 0.3) is 5.69 Å². The number of rotatable bonds is 3. The van der Waals surface area contributed by atoms with Gasteiger partial charge in [0.05, 0.1) is 23.6 Å². The number of halogens is 1. The summed E-state index contributed by atoms with van der Waals surface area (Å²) in [5.74, 6) is -0.740. The molecular formula is C8H7ClN2O4.